The lowest BCUT2D eigenvalue weighted by molar-refractivity contribution is -0.120. The van der Waals surface area contributed by atoms with E-state index in [0.717, 1.165) is 0 Å². The third-order valence-corrected chi connectivity index (χ3v) is 4.57. The summed E-state index contributed by atoms with van der Waals surface area (Å²) in [5, 5.41) is 4.49. The summed E-state index contributed by atoms with van der Waals surface area (Å²) in [5.74, 6) is 0.133. The van der Waals surface area contributed by atoms with Crippen LogP contribution >= 0.6 is 0 Å². The lowest BCUT2D eigenvalue weighted by atomic mass is 10.2. The Bertz CT molecular complexity index is 685. The van der Waals surface area contributed by atoms with E-state index in [2.05, 4.69) is 15.4 Å². The lowest BCUT2D eigenvalue weighted by Gasteiger charge is -2.11. The summed E-state index contributed by atoms with van der Waals surface area (Å²) in [7, 11) is -3.68. The van der Waals surface area contributed by atoms with Crippen molar-refractivity contribution in [1.82, 2.24) is 15.4 Å². The maximum absolute atomic E-state index is 12.1. The first-order valence-corrected chi connectivity index (χ1v) is 8.64. The van der Waals surface area contributed by atoms with E-state index >= 15 is 0 Å². The summed E-state index contributed by atoms with van der Waals surface area (Å²) >= 11 is 0. The average molecular weight is 341 g/mol. The Morgan fingerprint density at radius 3 is 2.39 bits per heavy atom. The zero-order chi connectivity index (χ0) is 17.0. The van der Waals surface area contributed by atoms with Crippen LogP contribution < -0.4 is 20.1 Å². The zero-order valence-corrected chi connectivity index (χ0v) is 13.6. The van der Waals surface area contributed by atoms with Gasteiger partial charge in [0, 0.05) is 6.54 Å². The average Bonchev–Trinajstić information content (AvgIpc) is 2.77. The molecule has 9 heteroatoms. The van der Waals surface area contributed by atoms with E-state index in [4.69, 9.17) is 4.74 Å². The SMILES string of the molecule is CC(C)Oc1ccc(S(=O)(=O)NCCC2NC(=O)NC2=O)cc1. The molecule has 1 saturated heterocycles. The third kappa shape index (κ3) is 4.67. The molecular weight excluding hydrogens is 322 g/mol. The maximum atomic E-state index is 12.1. The number of rotatable bonds is 7. The van der Waals surface area contributed by atoms with E-state index in [1.165, 1.54) is 12.1 Å². The Labute approximate surface area is 134 Å². The molecule has 1 aliphatic rings. The topological polar surface area (TPSA) is 114 Å². The van der Waals surface area contributed by atoms with Crippen LogP contribution in [0.3, 0.4) is 0 Å². The second kappa shape index (κ2) is 6.97. The van der Waals surface area contributed by atoms with Crippen LogP contribution in [0, 0.1) is 0 Å². The molecule has 1 atom stereocenters. The Morgan fingerprint density at radius 2 is 1.87 bits per heavy atom. The van der Waals surface area contributed by atoms with E-state index in [0.29, 0.717) is 5.75 Å². The number of amides is 3. The van der Waals surface area contributed by atoms with E-state index in [9.17, 15) is 18.0 Å². The van der Waals surface area contributed by atoms with Gasteiger partial charge in [0.2, 0.25) is 10.0 Å². The third-order valence-electron chi connectivity index (χ3n) is 3.09. The predicted molar refractivity (Wildman–Crippen MR) is 82.5 cm³/mol. The van der Waals surface area contributed by atoms with E-state index in [1.54, 1.807) is 12.1 Å². The Morgan fingerprint density at radius 1 is 1.22 bits per heavy atom. The molecule has 23 heavy (non-hydrogen) atoms. The second-order valence-corrected chi connectivity index (χ2v) is 7.11. The molecule has 0 aromatic heterocycles. The Kier molecular flexibility index (Phi) is 5.22. The fraction of sp³-hybridized carbons (Fsp3) is 0.429. The molecule has 0 bridgehead atoms. The predicted octanol–water partition coefficient (Wildman–Crippen LogP) is 0.350. The van der Waals surface area contributed by atoms with Crippen molar-refractivity contribution < 1.29 is 22.7 Å². The monoisotopic (exact) mass is 341 g/mol. The number of sulfonamides is 1. The number of carbonyl (C=O) groups is 2. The molecule has 1 aromatic rings. The first-order chi connectivity index (χ1) is 10.8. The molecule has 3 amide bonds. The summed E-state index contributed by atoms with van der Waals surface area (Å²) < 4.78 is 32.1. The van der Waals surface area contributed by atoms with Gasteiger partial charge in [-0.2, -0.15) is 0 Å². The standard InChI is InChI=1S/C14H19N3O5S/c1-9(2)22-10-3-5-11(6-4-10)23(20,21)15-8-7-12-13(18)17-14(19)16-12/h3-6,9,12,15H,7-8H2,1-2H3,(H2,16,17,18,19). The maximum Gasteiger partial charge on any atom is 0.322 e. The minimum atomic E-state index is -3.68. The molecule has 0 aliphatic carbocycles. The van der Waals surface area contributed by atoms with Crippen molar-refractivity contribution in [2.75, 3.05) is 6.54 Å². The van der Waals surface area contributed by atoms with Gasteiger partial charge in [-0.05, 0) is 44.5 Å². The highest BCUT2D eigenvalue weighted by Crippen LogP contribution is 2.17. The van der Waals surface area contributed by atoms with Gasteiger partial charge in [0.1, 0.15) is 11.8 Å². The molecule has 1 aromatic carbocycles. The Balaban J connectivity index is 1.91. The van der Waals surface area contributed by atoms with Crippen LogP contribution in [0.5, 0.6) is 5.75 Å². The number of nitrogens with one attached hydrogen (secondary N) is 3. The van der Waals surface area contributed by atoms with Crippen LogP contribution in [0.15, 0.2) is 29.2 Å². The number of hydrogen-bond donors (Lipinski definition) is 3. The van der Waals surface area contributed by atoms with Gasteiger partial charge in [-0.3, -0.25) is 10.1 Å². The number of urea groups is 1. The molecule has 8 nitrogen and oxygen atoms in total. The van der Waals surface area contributed by atoms with Crippen LogP contribution in [0.25, 0.3) is 0 Å². The first kappa shape index (κ1) is 17.2. The highest BCUT2D eigenvalue weighted by atomic mass is 32.2. The van der Waals surface area contributed by atoms with Gasteiger partial charge in [-0.25, -0.2) is 17.9 Å². The van der Waals surface area contributed by atoms with Gasteiger partial charge in [-0.1, -0.05) is 0 Å². The molecule has 126 valence electrons. The molecule has 1 fully saturated rings. The van der Waals surface area contributed by atoms with Gasteiger partial charge in [0.25, 0.3) is 5.91 Å². The number of carbonyl (C=O) groups excluding carboxylic acids is 2. The summed E-state index contributed by atoms with van der Waals surface area (Å²) in [5.41, 5.74) is 0. The number of hydrogen-bond acceptors (Lipinski definition) is 5. The minimum Gasteiger partial charge on any atom is -0.491 e. The second-order valence-electron chi connectivity index (χ2n) is 5.34. The largest absolute Gasteiger partial charge is 0.491 e. The summed E-state index contributed by atoms with van der Waals surface area (Å²) in [6.45, 7) is 3.79. The summed E-state index contributed by atoms with van der Waals surface area (Å²) in [6, 6.07) is 4.78. The number of benzene rings is 1. The fourth-order valence-electron chi connectivity index (χ4n) is 2.05. The van der Waals surface area contributed by atoms with Gasteiger partial charge in [0.15, 0.2) is 0 Å². The van der Waals surface area contributed by atoms with E-state index in [1.807, 2.05) is 13.8 Å². The van der Waals surface area contributed by atoms with Crippen LogP contribution in [0.1, 0.15) is 20.3 Å². The molecule has 1 heterocycles. The summed E-state index contributed by atoms with van der Waals surface area (Å²) in [6.07, 6.45) is 0.175. The molecule has 2 rings (SSSR count). The fourth-order valence-corrected chi connectivity index (χ4v) is 3.10. The van der Waals surface area contributed by atoms with Crippen LogP contribution in [-0.2, 0) is 14.8 Å². The molecule has 0 saturated carbocycles. The van der Waals surface area contributed by atoms with Crippen molar-refractivity contribution >= 4 is 22.0 Å². The van der Waals surface area contributed by atoms with Crippen molar-refractivity contribution in [2.45, 2.75) is 37.3 Å². The quantitative estimate of drug-likeness (QED) is 0.619. The van der Waals surface area contributed by atoms with E-state index in [-0.39, 0.29) is 24.0 Å². The van der Waals surface area contributed by atoms with Crippen molar-refractivity contribution in [3.63, 3.8) is 0 Å². The van der Waals surface area contributed by atoms with Crippen molar-refractivity contribution in [2.24, 2.45) is 0 Å². The number of ether oxygens (including phenoxy) is 1. The highest BCUT2D eigenvalue weighted by Gasteiger charge is 2.29. The molecule has 3 N–H and O–H groups in total. The molecule has 0 radical (unpaired) electrons. The van der Waals surface area contributed by atoms with Gasteiger partial charge in [0.05, 0.1) is 11.0 Å². The lowest BCUT2D eigenvalue weighted by Crippen LogP contribution is -2.34. The zero-order valence-electron chi connectivity index (χ0n) is 12.8. The highest BCUT2D eigenvalue weighted by molar-refractivity contribution is 7.89. The van der Waals surface area contributed by atoms with Crippen molar-refractivity contribution in [3.05, 3.63) is 24.3 Å². The number of imide groups is 1. The van der Waals surface area contributed by atoms with Gasteiger partial charge >= 0.3 is 6.03 Å². The first-order valence-electron chi connectivity index (χ1n) is 7.15. The van der Waals surface area contributed by atoms with Crippen LogP contribution in [0.4, 0.5) is 4.79 Å². The smallest absolute Gasteiger partial charge is 0.322 e. The normalized spacial score (nSPS) is 18.0. The van der Waals surface area contributed by atoms with Crippen LogP contribution in [0.2, 0.25) is 0 Å². The molecule has 1 aliphatic heterocycles. The van der Waals surface area contributed by atoms with Gasteiger partial charge < -0.3 is 10.1 Å². The molecule has 1 unspecified atom stereocenters. The van der Waals surface area contributed by atoms with E-state index < -0.39 is 28.0 Å². The molecule has 0 spiro atoms. The van der Waals surface area contributed by atoms with Crippen LogP contribution in [-0.4, -0.2) is 39.0 Å². The molecular formula is C14H19N3O5S. The van der Waals surface area contributed by atoms with Gasteiger partial charge in [-0.15, -0.1) is 0 Å². The van der Waals surface area contributed by atoms with Crippen molar-refractivity contribution in [1.29, 1.82) is 0 Å². The Hall–Kier alpha value is -2.13. The minimum absolute atomic E-state index is 0.00310. The van der Waals surface area contributed by atoms with Crippen molar-refractivity contribution in [3.8, 4) is 5.75 Å². The summed E-state index contributed by atoms with van der Waals surface area (Å²) in [4.78, 5) is 22.4.